The fourth-order valence-corrected chi connectivity index (χ4v) is 5.88. The molecule has 0 amide bonds. The predicted molar refractivity (Wildman–Crippen MR) is 111 cm³/mol. The Labute approximate surface area is 176 Å². The highest BCUT2D eigenvalue weighted by atomic mass is 32.2. The third kappa shape index (κ3) is 3.39. The Morgan fingerprint density at radius 2 is 1.10 bits per heavy atom. The molecule has 0 heterocycles. The van der Waals surface area contributed by atoms with Gasteiger partial charge in [-0.25, -0.2) is 0 Å². The fraction of sp³-hybridized carbons (Fsp3) is 0.111. The minimum Gasteiger partial charge on any atom is -0.493 e. The van der Waals surface area contributed by atoms with Crippen LogP contribution in [0.4, 0.5) is 0 Å². The summed E-state index contributed by atoms with van der Waals surface area (Å²) < 4.78 is 107. The van der Waals surface area contributed by atoms with Crippen molar-refractivity contribution in [1.29, 1.82) is 0 Å². The van der Waals surface area contributed by atoms with Crippen LogP contribution in [0.15, 0.2) is 51.1 Å². The van der Waals surface area contributed by atoms with Gasteiger partial charge in [-0.1, -0.05) is 12.1 Å². The molecule has 4 rings (SSSR count). The fourth-order valence-electron chi connectivity index (χ4n) is 3.79. The van der Waals surface area contributed by atoms with Crippen LogP contribution < -0.4 is 4.74 Å². The molecule has 4 aromatic carbocycles. The lowest BCUT2D eigenvalue weighted by atomic mass is 9.93. The Balaban J connectivity index is 2.46. The molecule has 10 nitrogen and oxygen atoms in total. The zero-order valence-corrected chi connectivity index (χ0v) is 18.0. The normalized spacial score (nSPS) is 13.4. The Morgan fingerprint density at radius 3 is 1.65 bits per heavy atom. The lowest BCUT2D eigenvalue weighted by Crippen LogP contribution is -2.06. The number of benzene rings is 4. The quantitative estimate of drug-likeness (QED) is 0.281. The first-order valence-electron chi connectivity index (χ1n) is 8.59. The van der Waals surface area contributed by atoms with E-state index in [4.69, 9.17) is 4.74 Å². The number of rotatable bonds is 5. The molecule has 0 aromatic heterocycles. The van der Waals surface area contributed by atoms with Crippen LogP contribution >= 0.6 is 0 Å². The molecule has 4 aromatic rings. The summed E-state index contributed by atoms with van der Waals surface area (Å²) in [4.78, 5) is -1.95. The smallest absolute Gasteiger partial charge is 0.295 e. The van der Waals surface area contributed by atoms with Crippen LogP contribution in [0.25, 0.3) is 32.3 Å². The standard InChI is InChI=1S/C18H14O10S3/c1-2-28-13-8-16(31(25,26)27)12-7-15(30(22,23)24)11-5-6-14(29(19,20)21)10-4-3-9(13)17(12)18(10)11/h3-8H,2H2,1H3,(H,19,20,21)(H,22,23,24)(H,25,26,27). The van der Waals surface area contributed by atoms with Crippen molar-refractivity contribution < 1.29 is 43.6 Å². The predicted octanol–water partition coefficient (Wildman–Crippen LogP) is 2.72. The molecule has 13 heteroatoms. The molecule has 0 saturated carbocycles. The summed E-state index contributed by atoms with van der Waals surface area (Å²) in [5.41, 5.74) is 0. The SMILES string of the molecule is CCOc1cc(S(=O)(=O)O)c2cc(S(=O)(=O)O)c3ccc(S(=O)(=O)O)c4ccc1c2c43. The molecule has 164 valence electrons. The highest BCUT2D eigenvalue weighted by Crippen LogP contribution is 2.45. The Bertz CT molecular complexity index is 1700. The van der Waals surface area contributed by atoms with Crippen LogP contribution in [0.2, 0.25) is 0 Å². The van der Waals surface area contributed by atoms with Crippen molar-refractivity contribution >= 4 is 62.7 Å². The molecule has 0 aliphatic heterocycles. The van der Waals surface area contributed by atoms with E-state index in [1.165, 1.54) is 12.1 Å². The first-order valence-corrected chi connectivity index (χ1v) is 12.9. The monoisotopic (exact) mass is 486 g/mol. The molecule has 3 N–H and O–H groups in total. The second-order valence-corrected chi connectivity index (χ2v) is 10.8. The molecule has 0 radical (unpaired) electrons. The van der Waals surface area contributed by atoms with Crippen molar-refractivity contribution in [3.63, 3.8) is 0 Å². The van der Waals surface area contributed by atoms with Crippen LogP contribution in [0.3, 0.4) is 0 Å². The molecule has 0 spiro atoms. The van der Waals surface area contributed by atoms with Crippen molar-refractivity contribution in [2.45, 2.75) is 21.6 Å². The van der Waals surface area contributed by atoms with Gasteiger partial charge in [0, 0.05) is 38.4 Å². The van der Waals surface area contributed by atoms with Crippen LogP contribution in [-0.2, 0) is 30.4 Å². The minimum absolute atomic E-state index is 0.0442. The molecule has 0 fully saturated rings. The molecular formula is C18H14O10S3. The Kier molecular flexibility index (Phi) is 4.70. The topological polar surface area (TPSA) is 172 Å². The molecular weight excluding hydrogens is 472 g/mol. The first-order chi connectivity index (χ1) is 14.2. The van der Waals surface area contributed by atoms with E-state index in [1.54, 1.807) is 6.92 Å². The van der Waals surface area contributed by atoms with Crippen LogP contribution in [0, 0.1) is 0 Å². The van der Waals surface area contributed by atoms with Gasteiger partial charge in [0.1, 0.15) is 20.4 Å². The maximum atomic E-state index is 12.1. The van der Waals surface area contributed by atoms with Crippen LogP contribution in [0.1, 0.15) is 6.92 Å². The van der Waals surface area contributed by atoms with E-state index in [2.05, 4.69) is 0 Å². The third-order valence-corrected chi connectivity index (χ3v) is 7.58. The number of hydrogen-bond acceptors (Lipinski definition) is 7. The highest BCUT2D eigenvalue weighted by Gasteiger charge is 2.28. The lowest BCUT2D eigenvalue weighted by molar-refractivity contribution is 0.343. The number of ether oxygens (including phenoxy) is 1. The van der Waals surface area contributed by atoms with Crippen molar-refractivity contribution in [2.24, 2.45) is 0 Å². The van der Waals surface area contributed by atoms with Gasteiger partial charge in [0.2, 0.25) is 0 Å². The van der Waals surface area contributed by atoms with Gasteiger partial charge in [-0.05, 0) is 25.1 Å². The molecule has 0 aliphatic carbocycles. The van der Waals surface area contributed by atoms with Gasteiger partial charge in [-0.3, -0.25) is 13.7 Å². The van der Waals surface area contributed by atoms with Crippen molar-refractivity contribution in [1.82, 2.24) is 0 Å². The van der Waals surface area contributed by atoms with Gasteiger partial charge in [0.25, 0.3) is 30.4 Å². The van der Waals surface area contributed by atoms with Gasteiger partial charge >= 0.3 is 0 Å². The first kappa shape index (κ1) is 21.7. The van der Waals surface area contributed by atoms with Crippen molar-refractivity contribution in [3.05, 3.63) is 36.4 Å². The van der Waals surface area contributed by atoms with E-state index >= 15 is 0 Å². The average molecular weight is 487 g/mol. The van der Waals surface area contributed by atoms with E-state index in [-0.39, 0.29) is 39.3 Å². The maximum absolute atomic E-state index is 12.1. The summed E-state index contributed by atoms with van der Waals surface area (Å²) in [6.07, 6.45) is 0. The molecule has 0 saturated heterocycles. The Morgan fingerprint density at radius 1 is 0.645 bits per heavy atom. The molecule has 31 heavy (non-hydrogen) atoms. The summed E-state index contributed by atoms with van der Waals surface area (Å²) in [5, 5.41) is -0.181. The van der Waals surface area contributed by atoms with Gasteiger partial charge in [-0.2, -0.15) is 25.3 Å². The highest BCUT2D eigenvalue weighted by molar-refractivity contribution is 7.86. The van der Waals surface area contributed by atoms with Crippen molar-refractivity contribution in [3.8, 4) is 5.75 Å². The second-order valence-electron chi connectivity index (χ2n) is 6.68. The van der Waals surface area contributed by atoms with Crippen LogP contribution in [-0.4, -0.2) is 45.5 Å². The van der Waals surface area contributed by atoms with E-state index in [0.717, 1.165) is 24.3 Å². The van der Waals surface area contributed by atoms with Crippen LogP contribution in [0.5, 0.6) is 5.75 Å². The zero-order valence-electron chi connectivity index (χ0n) is 15.6. The number of hydrogen-bond donors (Lipinski definition) is 3. The second kappa shape index (κ2) is 6.72. The Hall–Kier alpha value is -2.55. The largest absolute Gasteiger partial charge is 0.493 e. The van der Waals surface area contributed by atoms with E-state index in [1.807, 2.05) is 0 Å². The lowest BCUT2D eigenvalue weighted by Gasteiger charge is -2.18. The molecule has 0 unspecified atom stereocenters. The van der Waals surface area contributed by atoms with Gasteiger partial charge in [-0.15, -0.1) is 0 Å². The summed E-state index contributed by atoms with van der Waals surface area (Å²) >= 11 is 0. The average Bonchev–Trinajstić information content (AvgIpc) is 2.63. The van der Waals surface area contributed by atoms with Crippen molar-refractivity contribution in [2.75, 3.05) is 6.61 Å². The summed E-state index contributed by atoms with van der Waals surface area (Å²) in [7, 11) is -14.5. The maximum Gasteiger partial charge on any atom is 0.295 e. The molecule has 0 atom stereocenters. The summed E-state index contributed by atoms with van der Waals surface area (Å²) in [6, 6.07) is 6.66. The van der Waals surface area contributed by atoms with Gasteiger partial charge < -0.3 is 4.74 Å². The molecule has 0 bridgehead atoms. The minimum atomic E-state index is -4.90. The third-order valence-electron chi connectivity index (χ3n) is 4.88. The summed E-state index contributed by atoms with van der Waals surface area (Å²) in [5.74, 6) is 0.0442. The van der Waals surface area contributed by atoms with Gasteiger partial charge in [0.05, 0.1) is 6.61 Å². The van der Waals surface area contributed by atoms with E-state index < -0.39 is 45.0 Å². The zero-order chi connectivity index (χ0) is 22.9. The van der Waals surface area contributed by atoms with E-state index in [9.17, 15) is 38.9 Å². The summed E-state index contributed by atoms with van der Waals surface area (Å²) in [6.45, 7) is 1.76. The van der Waals surface area contributed by atoms with Gasteiger partial charge in [0.15, 0.2) is 0 Å². The molecule has 0 aliphatic rings. The van der Waals surface area contributed by atoms with E-state index in [0.29, 0.717) is 5.39 Å².